The van der Waals surface area contributed by atoms with Crippen LogP contribution in [0, 0.1) is 6.92 Å². The number of carboxylic acids is 1. The number of pyridine rings is 2. The van der Waals surface area contributed by atoms with Gasteiger partial charge in [0.2, 0.25) is 0 Å². The molecule has 2 aromatic rings. The van der Waals surface area contributed by atoms with Crippen LogP contribution in [-0.4, -0.2) is 21.0 Å². The van der Waals surface area contributed by atoms with Crippen LogP contribution in [0.15, 0.2) is 46.6 Å². The highest BCUT2D eigenvalue weighted by atomic mass is 32.2. The van der Waals surface area contributed by atoms with Gasteiger partial charge in [-0.25, -0.2) is 9.78 Å². The Balaban J connectivity index is 2.30. The summed E-state index contributed by atoms with van der Waals surface area (Å²) >= 11 is 1.42. The summed E-state index contributed by atoms with van der Waals surface area (Å²) in [6, 6.07) is 6.84. The highest BCUT2D eigenvalue weighted by Gasteiger charge is 2.07. The van der Waals surface area contributed by atoms with E-state index in [0.717, 1.165) is 4.90 Å². The third-order valence-electron chi connectivity index (χ3n) is 2.05. The van der Waals surface area contributed by atoms with Crippen molar-refractivity contribution in [1.29, 1.82) is 0 Å². The molecule has 0 spiro atoms. The standard InChI is InChI=1S/C12H10N2O2S/c1-8-6-9(12(15)16)7-11(14-8)17-10-2-4-13-5-3-10/h2-7H,1H3,(H,15,16). The molecule has 0 aliphatic rings. The van der Waals surface area contributed by atoms with Crippen LogP contribution in [0.3, 0.4) is 0 Å². The van der Waals surface area contributed by atoms with E-state index in [4.69, 9.17) is 5.11 Å². The zero-order valence-corrected chi connectivity index (χ0v) is 9.94. The third kappa shape index (κ3) is 3.04. The molecule has 5 heteroatoms. The van der Waals surface area contributed by atoms with Gasteiger partial charge in [-0.15, -0.1) is 0 Å². The first kappa shape index (κ1) is 11.6. The minimum atomic E-state index is -0.938. The highest BCUT2D eigenvalue weighted by molar-refractivity contribution is 7.99. The predicted octanol–water partition coefficient (Wildman–Crippen LogP) is 2.63. The van der Waals surface area contributed by atoms with Crippen molar-refractivity contribution in [3.63, 3.8) is 0 Å². The van der Waals surface area contributed by atoms with Crippen LogP contribution in [0.1, 0.15) is 16.1 Å². The van der Waals surface area contributed by atoms with E-state index in [9.17, 15) is 4.79 Å². The lowest BCUT2D eigenvalue weighted by atomic mass is 10.2. The Morgan fingerprint density at radius 2 is 2.00 bits per heavy atom. The fraction of sp³-hybridized carbons (Fsp3) is 0.0833. The van der Waals surface area contributed by atoms with Crippen LogP contribution < -0.4 is 0 Å². The van der Waals surface area contributed by atoms with Gasteiger partial charge in [0.05, 0.1) is 5.56 Å². The van der Waals surface area contributed by atoms with Crippen molar-refractivity contribution < 1.29 is 9.90 Å². The molecule has 0 bridgehead atoms. The van der Waals surface area contributed by atoms with Gasteiger partial charge >= 0.3 is 5.97 Å². The van der Waals surface area contributed by atoms with Gasteiger partial charge in [0, 0.05) is 23.0 Å². The van der Waals surface area contributed by atoms with E-state index in [1.54, 1.807) is 31.5 Å². The molecule has 0 atom stereocenters. The van der Waals surface area contributed by atoms with Crippen molar-refractivity contribution >= 4 is 17.7 Å². The normalized spacial score (nSPS) is 10.2. The summed E-state index contributed by atoms with van der Waals surface area (Å²) in [5.41, 5.74) is 0.954. The van der Waals surface area contributed by atoms with Gasteiger partial charge in [-0.3, -0.25) is 4.98 Å². The lowest BCUT2D eigenvalue weighted by Gasteiger charge is -2.03. The molecule has 0 aliphatic heterocycles. The maximum atomic E-state index is 10.9. The number of rotatable bonds is 3. The Morgan fingerprint density at radius 1 is 1.29 bits per heavy atom. The summed E-state index contributed by atoms with van der Waals surface area (Å²) in [4.78, 5) is 20.1. The second-order valence-corrected chi connectivity index (χ2v) is 4.52. The monoisotopic (exact) mass is 246 g/mol. The molecule has 1 N–H and O–H groups in total. The van der Waals surface area contributed by atoms with Gasteiger partial charge in [0.1, 0.15) is 5.03 Å². The summed E-state index contributed by atoms with van der Waals surface area (Å²) in [5.74, 6) is -0.938. The largest absolute Gasteiger partial charge is 0.478 e. The molecule has 0 aliphatic carbocycles. The van der Waals surface area contributed by atoms with E-state index in [0.29, 0.717) is 10.7 Å². The van der Waals surface area contributed by atoms with Crippen molar-refractivity contribution in [2.75, 3.05) is 0 Å². The highest BCUT2D eigenvalue weighted by Crippen LogP contribution is 2.26. The van der Waals surface area contributed by atoms with Crippen LogP contribution in [0.4, 0.5) is 0 Å². The molecule has 17 heavy (non-hydrogen) atoms. The fourth-order valence-corrected chi connectivity index (χ4v) is 2.22. The fourth-order valence-electron chi connectivity index (χ4n) is 1.34. The quantitative estimate of drug-likeness (QED) is 0.902. The Bertz CT molecular complexity index is 543. The molecule has 0 radical (unpaired) electrons. The van der Waals surface area contributed by atoms with Crippen LogP contribution >= 0.6 is 11.8 Å². The van der Waals surface area contributed by atoms with Crippen LogP contribution in [0.2, 0.25) is 0 Å². The minimum absolute atomic E-state index is 0.258. The molecule has 0 amide bonds. The lowest BCUT2D eigenvalue weighted by Crippen LogP contribution is -1.98. The number of aryl methyl sites for hydroxylation is 1. The molecule has 0 unspecified atom stereocenters. The Hall–Kier alpha value is -1.88. The van der Waals surface area contributed by atoms with Crippen LogP contribution in [0.25, 0.3) is 0 Å². The number of hydrogen-bond acceptors (Lipinski definition) is 4. The van der Waals surface area contributed by atoms with Gasteiger partial charge in [-0.2, -0.15) is 0 Å². The van der Waals surface area contributed by atoms with Gasteiger partial charge in [-0.1, -0.05) is 11.8 Å². The molecule has 0 saturated carbocycles. The first-order valence-electron chi connectivity index (χ1n) is 4.95. The van der Waals surface area contributed by atoms with E-state index >= 15 is 0 Å². The average molecular weight is 246 g/mol. The molecule has 4 nitrogen and oxygen atoms in total. The molecule has 0 saturated heterocycles. The Kier molecular flexibility index (Phi) is 3.39. The molecule has 0 fully saturated rings. The van der Waals surface area contributed by atoms with E-state index < -0.39 is 5.97 Å². The summed E-state index contributed by atoms with van der Waals surface area (Å²) in [6.45, 7) is 1.78. The molecule has 0 aromatic carbocycles. The number of nitrogens with zero attached hydrogens (tertiary/aromatic N) is 2. The van der Waals surface area contributed by atoms with E-state index in [1.807, 2.05) is 12.1 Å². The first-order chi connectivity index (χ1) is 8.15. The zero-order chi connectivity index (χ0) is 12.3. The van der Waals surface area contributed by atoms with E-state index in [-0.39, 0.29) is 5.56 Å². The minimum Gasteiger partial charge on any atom is -0.478 e. The molecule has 2 heterocycles. The number of aromatic carboxylic acids is 1. The van der Waals surface area contributed by atoms with Crippen molar-refractivity contribution in [2.24, 2.45) is 0 Å². The molecule has 86 valence electrons. The summed E-state index contributed by atoms with van der Waals surface area (Å²) in [5, 5.41) is 9.63. The topological polar surface area (TPSA) is 63.1 Å². The zero-order valence-electron chi connectivity index (χ0n) is 9.12. The van der Waals surface area contributed by atoms with Crippen molar-refractivity contribution in [3.8, 4) is 0 Å². The lowest BCUT2D eigenvalue weighted by molar-refractivity contribution is 0.0696. The maximum absolute atomic E-state index is 10.9. The van der Waals surface area contributed by atoms with E-state index in [1.165, 1.54) is 11.8 Å². The molecular weight excluding hydrogens is 236 g/mol. The van der Waals surface area contributed by atoms with Gasteiger partial charge in [0.15, 0.2) is 0 Å². The Morgan fingerprint density at radius 3 is 2.65 bits per heavy atom. The maximum Gasteiger partial charge on any atom is 0.335 e. The smallest absolute Gasteiger partial charge is 0.335 e. The second-order valence-electron chi connectivity index (χ2n) is 3.43. The number of aromatic nitrogens is 2. The molecule has 2 rings (SSSR count). The van der Waals surface area contributed by atoms with Gasteiger partial charge in [0.25, 0.3) is 0 Å². The molecular formula is C12H10N2O2S. The summed E-state index contributed by atoms with van der Waals surface area (Å²) in [6.07, 6.45) is 3.38. The van der Waals surface area contributed by atoms with Crippen molar-refractivity contribution in [2.45, 2.75) is 16.8 Å². The summed E-state index contributed by atoms with van der Waals surface area (Å²) < 4.78 is 0. The van der Waals surface area contributed by atoms with Crippen molar-refractivity contribution in [1.82, 2.24) is 9.97 Å². The predicted molar refractivity (Wildman–Crippen MR) is 64.3 cm³/mol. The number of carboxylic acid groups (broad SMARTS) is 1. The van der Waals surface area contributed by atoms with Gasteiger partial charge in [-0.05, 0) is 31.2 Å². The van der Waals surface area contributed by atoms with Gasteiger partial charge < -0.3 is 5.11 Å². The number of carbonyl (C=O) groups is 1. The first-order valence-corrected chi connectivity index (χ1v) is 5.76. The second kappa shape index (κ2) is 4.97. The van der Waals surface area contributed by atoms with Crippen LogP contribution in [-0.2, 0) is 0 Å². The average Bonchev–Trinajstić information content (AvgIpc) is 2.29. The third-order valence-corrected chi connectivity index (χ3v) is 2.98. The summed E-state index contributed by atoms with van der Waals surface area (Å²) in [7, 11) is 0. The van der Waals surface area contributed by atoms with Crippen molar-refractivity contribution in [3.05, 3.63) is 47.9 Å². The Labute approximate surface area is 103 Å². The number of hydrogen-bond donors (Lipinski definition) is 1. The SMILES string of the molecule is Cc1cc(C(=O)O)cc(Sc2ccncc2)n1. The van der Waals surface area contributed by atoms with E-state index in [2.05, 4.69) is 9.97 Å². The molecule has 2 aromatic heterocycles. The van der Waals surface area contributed by atoms with Crippen LogP contribution in [0.5, 0.6) is 0 Å².